The minimum absolute atomic E-state index is 0.774. The molecule has 0 spiro atoms. The molecule has 0 unspecified atom stereocenters. The Balaban J connectivity index is 2.17. The molecule has 0 saturated carbocycles. The molecule has 0 fully saturated rings. The first kappa shape index (κ1) is 14.1. The van der Waals surface area contributed by atoms with Crippen molar-refractivity contribution in [3.8, 4) is 0 Å². The number of hydrogen-bond acceptors (Lipinski definition) is 2. The van der Waals surface area contributed by atoms with Gasteiger partial charge in [-0.1, -0.05) is 34.1 Å². The lowest BCUT2D eigenvalue weighted by atomic mass is 10.2. The van der Waals surface area contributed by atoms with Crippen molar-refractivity contribution in [1.29, 1.82) is 0 Å². The van der Waals surface area contributed by atoms with Gasteiger partial charge in [0, 0.05) is 23.8 Å². The van der Waals surface area contributed by atoms with Gasteiger partial charge in [-0.2, -0.15) is 0 Å². The Hall–Kier alpha value is -1.81. The van der Waals surface area contributed by atoms with Crippen molar-refractivity contribution >= 4 is 33.1 Å². The van der Waals surface area contributed by atoms with Crippen molar-refractivity contribution in [1.82, 2.24) is 9.38 Å². The fraction of sp³-hybridized carbons (Fsp3) is 0.235. The molecular formula is C17H18BrN3. The van der Waals surface area contributed by atoms with E-state index in [0.29, 0.717) is 0 Å². The third kappa shape index (κ3) is 2.56. The molecule has 0 amide bonds. The van der Waals surface area contributed by atoms with Crippen molar-refractivity contribution in [3.63, 3.8) is 0 Å². The summed E-state index contributed by atoms with van der Waals surface area (Å²) in [6.45, 7) is 5.16. The molecule has 3 aromatic rings. The first-order valence-electron chi connectivity index (χ1n) is 7.10. The van der Waals surface area contributed by atoms with Gasteiger partial charge in [0.25, 0.3) is 0 Å². The van der Waals surface area contributed by atoms with Gasteiger partial charge in [0.1, 0.15) is 5.65 Å². The highest BCUT2D eigenvalue weighted by Gasteiger charge is 2.17. The number of halogens is 1. The van der Waals surface area contributed by atoms with Gasteiger partial charge in [-0.3, -0.25) is 0 Å². The van der Waals surface area contributed by atoms with Crippen LogP contribution in [0.5, 0.6) is 0 Å². The number of aryl methyl sites for hydroxylation is 1. The maximum atomic E-state index is 4.82. The predicted molar refractivity (Wildman–Crippen MR) is 91.7 cm³/mol. The van der Waals surface area contributed by atoms with Gasteiger partial charge >= 0.3 is 0 Å². The summed E-state index contributed by atoms with van der Waals surface area (Å²) in [4.78, 5) is 7.08. The van der Waals surface area contributed by atoms with Crippen LogP contribution >= 0.6 is 15.9 Å². The average Bonchev–Trinajstić information content (AvgIpc) is 2.86. The number of alkyl halides is 1. The maximum Gasteiger partial charge on any atom is 0.156 e. The summed E-state index contributed by atoms with van der Waals surface area (Å²) in [5.74, 6) is 1.02. The van der Waals surface area contributed by atoms with E-state index in [4.69, 9.17) is 4.98 Å². The van der Waals surface area contributed by atoms with Crippen molar-refractivity contribution in [2.24, 2.45) is 0 Å². The van der Waals surface area contributed by atoms with E-state index in [9.17, 15) is 0 Å². The van der Waals surface area contributed by atoms with E-state index in [1.54, 1.807) is 0 Å². The monoisotopic (exact) mass is 343 g/mol. The maximum absolute atomic E-state index is 4.82. The second kappa shape index (κ2) is 5.90. The largest absolute Gasteiger partial charge is 0.325 e. The quantitative estimate of drug-likeness (QED) is 0.640. The highest BCUT2D eigenvalue weighted by atomic mass is 79.9. The fourth-order valence-corrected chi connectivity index (χ4v) is 3.15. The van der Waals surface area contributed by atoms with E-state index in [1.807, 2.05) is 18.2 Å². The molecular weight excluding hydrogens is 326 g/mol. The molecule has 0 bridgehead atoms. The molecule has 0 aliphatic heterocycles. The summed E-state index contributed by atoms with van der Waals surface area (Å²) in [6.07, 6.45) is 2.06. The predicted octanol–water partition coefficient (Wildman–Crippen LogP) is 4.70. The number of hydrogen-bond donors (Lipinski definition) is 0. The number of imidazole rings is 1. The molecule has 2 aromatic heterocycles. The molecule has 0 aliphatic carbocycles. The summed E-state index contributed by atoms with van der Waals surface area (Å²) < 4.78 is 2.14. The van der Waals surface area contributed by atoms with Crippen LogP contribution in [0.4, 0.5) is 11.5 Å². The Labute approximate surface area is 133 Å². The van der Waals surface area contributed by atoms with E-state index >= 15 is 0 Å². The van der Waals surface area contributed by atoms with Crippen molar-refractivity contribution in [2.75, 3.05) is 11.4 Å². The molecule has 3 nitrogen and oxygen atoms in total. The first-order chi connectivity index (χ1) is 10.2. The highest BCUT2D eigenvalue weighted by Crippen LogP contribution is 2.30. The lowest BCUT2D eigenvalue weighted by Gasteiger charge is -2.22. The van der Waals surface area contributed by atoms with Crippen molar-refractivity contribution in [3.05, 3.63) is 59.9 Å². The molecule has 0 aliphatic rings. The summed E-state index contributed by atoms with van der Waals surface area (Å²) in [7, 11) is 0. The zero-order valence-corrected chi connectivity index (χ0v) is 13.8. The second-order valence-corrected chi connectivity index (χ2v) is 5.59. The van der Waals surface area contributed by atoms with Crippen LogP contribution < -0.4 is 4.90 Å². The third-order valence-corrected chi connectivity index (χ3v) is 4.15. The molecule has 2 heterocycles. The fourth-order valence-electron chi connectivity index (χ4n) is 2.62. The molecule has 0 N–H and O–H groups in total. The number of nitrogens with zero attached hydrogens (tertiary/aromatic N) is 3. The van der Waals surface area contributed by atoms with Crippen LogP contribution in [-0.2, 0) is 5.33 Å². The average molecular weight is 344 g/mol. The third-order valence-electron chi connectivity index (χ3n) is 3.62. The molecule has 3 rings (SSSR count). The van der Waals surface area contributed by atoms with E-state index in [0.717, 1.165) is 23.3 Å². The number of fused-ring (bicyclic) bond motifs is 1. The lowest BCUT2D eigenvalue weighted by molar-refractivity contribution is 0.982. The topological polar surface area (TPSA) is 20.5 Å². The van der Waals surface area contributed by atoms with Gasteiger partial charge in [-0.25, -0.2) is 4.98 Å². The van der Waals surface area contributed by atoms with Crippen LogP contribution in [0, 0.1) is 6.92 Å². The number of aromatic nitrogens is 2. The Morgan fingerprint density at radius 1 is 1.19 bits per heavy atom. The second-order valence-electron chi connectivity index (χ2n) is 5.03. The summed E-state index contributed by atoms with van der Waals surface area (Å²) >= 11 is 3.61. The van der Waals surface area contributed by atoms with Crippen LogP contribution in [0.15, 0.2) is 48.7 Å². The molecule has 21 heavy (non-hydrogen) atoms. The SMILES string of the molecule is CCN(c1cccc(C)c1)c1nc2ccccn2c1CBr. The van der Waals surface area contributed by atoms with Gasteiger partial charge in [0.05, 0.1) is 5.69 Å². The minimum atomic E-state index is 0.774. The molecule has 0 atom stereocenters. The molecule has 4 heteroatoms. The van der Waals surface area contributed by atoms with E-state index in [-0.39, 0.29) is 0 Å². The number of anilines is 2. The standard InChI is InChI=1S/C17H18BrN3/c1-3-20(14-8-6-7-13(2)11-14)17-15(12-18)21-10-5-4-9-16(21)19-17/h4-11H,3,12H2,1-2H3. The summed E-state index contributed by atoms with van der Waals surface area (Å²) in [5, 5.41) is 0.774. The van der Waals surface area contributed by atoms with Crippen LogP contribution in [-0.4, -0.2) is 15.9 Å². The van der Waals surface area contributed by atoms with Gasteiger partial charge in [0.2, 0.25) is 0 Å². The van der Waals surface area contributed by atoms with Gasteiger partial charge in [0.15, 0.2) is 5.82 Å². The summed E-state index contributed by atoms with van der Waals surface area (Å²) in [5.41, 5.74) is 4.60. The minimum Gasteiger partial charge on any atom is -0.325 e. The van der Waals surface area contributed by atoms with Crippen molar-refractivity contribution in [2.45, 2.75) is 19.2 Å². The summed E-state index contributed by atoms with van der Waals surface area (Å²) in [6, 6.07) is 14.6. The van der Waals surface area contributed by atoms with Gasteiger partial charge in [-0.05, 0) is 43.7 Å². The Bertz CT molecular complexity index is 764. The number of pyridine rings is 1. The normalized spacial score (nSPS) is 11.0. The molecule has 0 radical (unpaired) electrons. The highest BCUT2D eigenvalue weighted by molar-refractivity contribution is 9.08. The lowest BCUT2D eigenvalue weighted by Crippen LogP contribution is -2.18. The zero-order valence-electron chi connectivity index (χ0n) is 12.3. The zero-order chi connectivity index (χ0) is 14.8. The van der Waals surface area contributed by atoms with Gasteiger partial charge < -0.3 is 9.30 Å². The first-order valence-corrected chi connectivity index (χ1v) is 8.23. The molecule has 0 saturated heterocycles. The Kier molecular flexibility index (Phi) is 3.97. The van der Waals surface area contributed by atoms with Crippen LogP contribution in [0.25, 0.3) is 5.65 Å². The Morgan fingerprint density at radius 3 is 2.76 bits per heavy atom. The van der Waals surface area contributed by atoms with Crippen molar-refractivity contribution < 1.29 is 0 Å². The number of benzene rings is 1. The van der Waals surface area contributed by atoms with Crippen LogP contribution in [0.2, 0.25) is 0 Å². The Morgan fingerprint density at radius 2 is 2.05 bits per heavy atom. The molecule has 108 valence electrons. The van der Waals surface area contributed by atoms with E-state index in [1.165, 1.54) is 16.9 Å². The smallest absolute Gasteiger partial charge is 0.156 e. The molecule has 1 aromatic carbocycles. The van der Waals surface area contributed by atoms with E-state index < -0.39 is 0 Å². The van der Waals surface area contributed by atoms with E-state index in [2.05, 4.69) is 69.5 Å². The van der Waals surface area contributed by atoms with Crippen LogP contribution in [0.1, 0.15) is 18.2 Å². The van der Waals surface area contributed by atoms with Gasteiger partial charge in [-0.15, -0.1) is 0 Å². The van der Waals surface area contributed by atoms with Crippen LogP contribution in [0.3, 0.4) is 0 Å². The number of rotatable bonds is 4.